The number of hydrogen-bond acceptors (Lipinski definition) is 5. The second kappa shape index (κ2) is 73.1. The van der Waals surface area contributed by atoms with Crippen molar-refractivity contribution in [1.82, 2.24) is 5.32 Å². The van der Waals surface area contributed by atoms with Crippen LogP contribution in [0.2, 0.25) is 0 Å². The molecule has 3 N–H and O–H groups in total. The SMILES string of the molecule is CCCCCCCCCCCCCCCCCCCC(=O)OCCCCCCCCCCCCCC/C=C\CCCCCCCCCCCCCCCCCCC(=O)NC(CO)C(O)CCCCCCCCCCCCCCCCCCC. The van der Waals surface area contributed by atoms with Gasteiger partial charge in [-0.25, -0.2) is 0 Å². The molecule has 0 aromatic carbocycles. The van der Waals surface area contributed by atoms with E-state index in [1.807, 2.05) is 0 Å². The van der Waals surface area contributed by atoms with Crippen LogP contribution in [0.3, 0.4) is 0 Å². The smallest absolute Gasteiger partial charge is 0.305 e. The zero-order chi connectivity index (χ0) is 59.9. The summed E-state index contributed by atoms with van der Waals surface area (Å²) in [5.74, 6) is -0.00452. The van der Waals surface area contributed by atoms with Crippen molar-refractivity contribution in [3.63, 3.8) is 0 Å². The van der Waals surface area contributed by atoms with E-state index in [4.69, 9.17) is 4.74 Å². The zero-order valence-corrected chi connectivity index (χ0v) is 56.7. The molecular weight excluding hydrogens is 1020 g/mol. The summed E-state index contributed by atoms with van der Waals surface area (Å²) in [6.45, 7) is 5.01. The van der Waals surface area contributed by atoms with Gasteiger partial charge in [0.1, 0.15) is 0 Å². The number of carbonyl (C=O) groups is 2. The topological polar surface area (TPSA) is 95.9 Å². The molecule has 2 unspecified atom stereocenters. The van der Waals surface area contributed by atoms with E-state index >= 15 is 0 Å². The predicted molar refractivity (Wildman–Crippen MR) is 366 cm³/mol. The molecule has 0 radical (unpaired) electrons. The van der Waals surface area contributed by atoms with Gasteiger partial charge >= 0.3 is 5.97 Å². The van der Waals surface area contributed by atoms with Crippen LogP contribution in [0.5, 0.6) is 0 Å². The number of carbonyl (C=O) groups excluding carboxylic acids is 2. The van der Waals surface area contributed by atoms with E-state index in [2.05, 4.69) is 31.3 Å². The van der Waals surface area contributed by atoms with Crippen molar-refractivity contribution < 1.29 is 24.5 Å². The van der Waals surface area contributed by atoms with E-state index in [9.17, 15) is 19.8 Å². The van der Waals surface area contributed by atoms with Crippen molar-refractivity contribution in [1.29, 1.82) is 0 Å². The van der Waals surface area contributed by atoms with Crippen LogP contribution in [0.1, 0.15) is 444 Å². The van der Waals surface area contributed by atoms with Gasteiger partial charge in [-0.1, -0.05) is 392 Å². The first-order chi connectivity index (χ1) is 41.0. The summed E-state index contributed by atoms with van der Waals surface area (Å²) in [5, 5.41) is 23.4. The number of rotatable bonds is 73. The third-order valence-electron chi connectivity index (χ3n) is 18.3. The van der Waals surface area contributed by atoms with Gasteiger partial charge in [0.05, 0.1) is 25.4 Å². The Hall–Kier alpha value is -1.40. The number of allylic oxidation sites excluding steroid dienone is 2. The van der Waals surface area contributed by atoms with E-state index in [0.29, 0.717) is 25.9 Å². The molecule has 0 fully saturated rings. The average Bonchev–Trinajstić information content (AvgIpc) is 3.49. The highest BCUT2D eigenvalue weighted by molar-refractivity contribution is 5.76. The summed E-state index contributed by atoms with van der Waals surface area (Å²) < 4.78 is 5.51. The molecule has 0 heterocycles. The van der Waals surface area contributed by atoms with Crippen LogP contribution in [-0.2, 0) is 14.3 Å². The van der Waals surface area contributed by atoms with Crippen LogP contribution >= 0.6 is 0 Å². The van der Waals surface area contributed by atoms with Gasteiger partial charge in [0.15, 0.2) is 0 Å². The quantitative estimate of drug-likeness (QED) is 0.0320. The molecule has 0 saturated carbocycles. The Morgan fingerprint density at radius 1 is 0.325 bits per heavy atom. The third kappa shape index (κ3) is 69.6. The monoisotopic (exact) mass is 1170 g/mol. The maximum atomic E-state index is 12.5. The molecule has 6 nitrogen and oxygen atoms in total. The first kappa shape index (κ1) is 81.6. The number of ether oxygens (including phenoxy) is 1. The summed E-state index contributed by atoms with van der Waals surface area (Å²) in [7, 11) is 0. The molecule has 0 aliphatic heterocycles. The maximum Gasteiger partial charge on any atom is 0.305 e. The Morgan fingerprint density at radius 3 is 0.855 bits per heavy atom. The molecule has 2 atom stereocenters. The van der Waals surface area contributed by atoms with Gasteiger partial charge in [-0.15, -0.1) is 0 Å². The molecule has 0 aromatic heterocycles. The Morgan fingerprint density at radius 2 is 0.566 bits per heavy atom. The van der Waals surface area contributed by atoms with E-state index < -0.39 is 12.1 Å². The predicted octanol–water partition coefficient (Wildman–Crippen LogP) is 25.1. The largest absolute Gasteiger partial charge is 0.466 e. The van der Waals surface area contributed by atoms with Crippen LogP contribution in [0.25, 0.3) is 0 Å². The first-order valence-electron chi connectivity index (χ1n) is 38.4. The van der Waals surface area contributed by atoms with Gasteiger partial charge in [0.25, 0.3) is 0 Å². The number of unbranched alkanes of at least 4 members (excludes halogenated alkanes) is 60. The van der Waals surface area contributed by atoms with E-state index in [1.165, 1.54) is 372 Å². The van der Waals surface area contributed by atoms with Crippen LogP contribution in [0.4, 0.5) is 0 Å². The maximum absolute atomic E-state index is 12.5. The van der Waals surface area contributed by atoms with Gasteiger partial charge in [0, 0.05) is 12.8 Å². The van der Waals surface area contributed by atoms with Gasteiger partial charge in [0.2, 0.25) is 5.91 Å². The highest BCUT2D eigenvalue weighted by Gasteiger charge is 2.20. The highest BCUT2D eigenvalue weighted by atomic mass is 16.5. The highest BCUT2D eigenvalue weighted by Crippen LogP contribution is 2.20. The average molecular weight is 1170 g/mol. The third-order valence-corrected chi connectivity index (χ3v) is 18.3. The van der Waals surface area contributed by atoms with Crippen molar-refractivity contribution in [2.45, 2.75) is 456 Å². The molecule has 0 bridgehead atoms. The Kier molecular flexibility index (Phi) is 71.8. The molecule has 494 valence electrons. The zero-order valence-electron chi connectivity index (χ0n) is 56.7. The molecule has 83 heavy (non-hydrogen) atoms. The fourth-order valence-electron chi connectivity index (χ4n) is 12.5. The number of nitrogens with one attached hydrogen (secondary N) is 1. The van der Waals surface area contributed by atoms with Crippen molar-refractivity contribution in [3.8, 4) is 0 Å². The van der Waals surface area contributed by atoms with Gasteiger partial charge in [-0.2, -0.15) is 0 Å². The van der Waals surface area contributed by atoms with Gasteiger partial charge < -0.3 is 20.3 Å². The van der Waals surface area contributed by atoms with Crippen molar-refractivity contribution in [3.05, 3.63) is 12.2 Å². The lowest BCUT2D eigenvalue weighted by atomic mass is 10.0. The molecule has 6 heteroatoms. The molecule has 0 rings (SSSR count). The van der Waals surface area contributed by atoms with E-state index in [0.717, 1.165) is 38.5 Å². The summed E-state index contributed by atoms with van der Waals surface area (Å²) >= 11 is 0. The number of aliphatic hydroxyl groups is 2. The van der Waals surface area contributed by atoms with E-state index in [-0.39, 0.29) is 18.5 Å². The van der Waals surface area contributed by atoms with Crippen molar-refractivity contribution in [2.24, 2.45) is 0 Å². The number of amides is 1. The minimum absolute atomic E-state index is 0.0234. The molecule has 0 aliphatic carbocycles. The summed E-state index contributed by atoms with van der Waals surface area (Å²) in [5.41, 5.74) is 0. The standard InChI is InChI=1S/C77H151NO5/c1-3-5-7-9-11-13-15-17-19-37-41-45-49-53-57-61-65-69-75(80)74(73-79)78-76(81)70-66-62-58-54-50-46-42-39-35-33-31-29-27-25-23-21-22-24-26-28-30-32-34-36-40-44-48-52-56-60-64-68-72-83-77(82)71-67-63-59-55-51-47-43-38-20-18-16-14-12-10-8-6-4-2/h24,26,74-75,79-80H,3-23,25,27-73H2,1-2H3,(H,78,81)/b26-24-. The molecule has 0 aromatic rings. The fourth-order valence-corrected chi connectivity index (χ4v) is 12.5. The lowest BCUT2D eigenvalue weighted by Crippen LogP contribution is -2.45. The van der Waals surface area contributed by atoms with Crippen LogP contribution in [0, 0.1) is 0 Å². The molecule has 0 aliphatic rings. The summed E-state index contributed by atoms with van der Waals surface area (Å²) in [4.78, 5) is 24.6. The Balaban J connectivity index is 3.33. The normalized spacial score (nSPS) is 12.5. The summed E-state index contributed by atoms with van der Waals surface area (Å²) in [6, 6.07) is -0.539. The van der Waals surface area contributed by atoms with Crippen LogP contribution in [-0.4, -0.2) is 47.4 Å². The van der Waals surface area contributed by atoms with E-state index in [1.54, 1.807) is 0 Å². The number of esters is 1. The molecule has 0 spiro atoms. The Labute approximate surface area is 520 Å². The Bertz CT molecular complexity index is 1260. The molecular formula is C77H151NO5. The first-order valence-corrected chi connectivity index (χ1v) is 38.4. The fraction of sp³-hybridized carbons (Fsp3) is 0.948. The number of aliphatic hydroxyl groups excluding tert-OH is 2. The van der Waals surface area contributed by atoms with Crippen molar-refractivity contribution >= 4 is 11.9 Å². The van der Waals surface area contributed by atoms with Crippen LogP contribution in [0.15, 0.2) is 12.2 Å². The van der Waals surface area contributed by atoms with Crippen LogP contribution < -0.4 is 5.32 Å². The van der Waals surface area contributed by atoms with Gasteiger partial charge in [-0.05, 0) is 51.4 Å². The minimum Gasteiger partial charge on any atom is -0.466 e. The lowest BCUT2D eigenvalue weighted by molar-refractivity contribution is -0.143. The second-order valence-electron chi connectivity index (χ2n) is 26.7. The minimum atomic E-state index is -0.662. The lowest BCUT2D eigenvalue weighted by Gasteiger charge is -2.22. The molecule has 1 amide bonds. The number of hydrogen-bond donors (Lipinski definition) is 3. The second-order valence-corrected chi connectivity index (χ2v) is 26.7. The molecule has 0 saturated heterocycles. The van der Waals surface area contributed by atoms with Gasteiger partial charge in [-0.3, -0.25) is 9.59 Å². The summed E-state index contributed by atoms with van der Waals surface area (Å²) in [6.07, 6.45) is 91.5. The van der Waals surface area contributed by atoms with Crippen molar-refractivity contribution in [2.75, 3.05) is 13.2 Å².